The van der Waals surface area contributed by atoms with E-state index in [1.165, 1.54) is 6.92 Å². The molecule has 0 unspecified atom stereocenters. The van der Waals surface area contributed by atoms with E-state index in [0.717, 1.165) is 13.4 Å². The van der Waals surface area contributed by atoms with Gasteiger partial charge in [-0.3, -0.25) is 0 Å². The average molecular weight is 219 g/mol. The van der Waals surface area contributed by atoms with Gasteiger partial charge in [0.1, 0.15) is 0 Å². The van der Waals surface area contributed by atoms with E-state index in [4.69, 9.17) is 4.42 Å². The highest BCUT2D eigenvalue weighted by Crippen LogP contribution is 2.17. The molecule has 0 saturated carbocycles. The van der Waals surface area contributed by atoms with Gasteiger partial charge in [-0.15, -0.1) is 0 Å². The van der Waals surface area contributed by atoms with E-state index in [1.807, 2.05) is 0 Å². The third-order valence-corrected chi connectivity index (χ3v) is 2.37. The van der Waals surface area contributed by atoms with Crippen molar-refractivity contribution in [2.24, 2.45) is 0 Å². The van der Waals surface area contributed by atoms with E-state index in [-0.39, 0.29) is 11.6 Å². The second kappa shape index (κ2) is 3.41. The number of sulfone groups is 1. The summed E-state index contributed by atoms with van der Waals surface area (Å²) >= 11 is 0. The van der Waals surface area contributed by atoms with Crippen LogP contribution < -0.4 is 0 Å². The molecule has 1 rings (SSSR count). The first-order valence-corrected chi connectivity index (χ1v) is 5.51. The van der Waals surface area contributed by atoms with Gasteiger partial charge in [0.25, 0.3) is 5.09 Å². The van der Waals surface area contributed by atoms with Crippen molar-refractivity contribution in [1.82, 2.24) is 4.98 Å². The van der Waals surface area contributed by atoms with Gasteiger partial charge in [-0.05, 0) is 0 Å². The predicted octanol–water partition coefficient (Wildman–Crippen LogP) is 0.173. The van der Waals surface area contributed by atoms with E-state index in [2.05, 4.69) is 9.72 Å². The van der Waals surface area contributed by atoms with Crippen molar-refractivity contribution in [2.75, 3.05) is 13.4 Å². The molecule has 0 spiro atoms. The van der Waals surface area contributed by atoms with E-state index in [9.17, 15) is 13.2 Å². The maximum Gasteiger partial charge on any atom is 0.361 e. The Morgan fingerprint density at radius 1 is 1.50 bits per heavy atom. The van der Waals surface area contributed by atoms with Crippen molar-refractivity contribution >= 4 is 15.8 Å². The van der Waals surface area contributed by atoms with Crippen molar-refractivity contribution < 1.29 is 22.4 Å². The molecule has 0 aromatic carbocycles. The number of methoxy groups -OCH3 is 1. The number of rotatable bonds is 2. The van der Waals surface area contributed by atoms with Gasteiger partial charge in [-0.25, -0.2) is 18.2 Å². The van der Waals surface area contributed by atoms with Crippen molar-refractivity contribution in [2.45, 2.75) is 12.0 Å². The van der Waals surface area contributed by atoms with Gasteiger partial charge in [0.15, 0.2) is 5.89 Å². The van der Waals surface area contributed by atoms with Crippen molar-refractivity contribution in [3.8, 4) is 0 Å². The van der Waals surface area contributed by atoms with E-state index in [1.54, 1.807) is 0 Å². The van der Waals surface area contributed by atoms with Crippen LogP contribution in [0.25, 0.3) is 0 Å². The maximum absolute atomic E-state index is 11.1. The molecule has 0 bridgehead atoms. The van der Waals surface area contributed by atoms with Crippen LogP contribution in [0.15, 0.2) is 9.51 Å². The van der Waals surface area contributed by atoms with Crippen LogP contribution in [-0.4, -0.2) is 32.7 Å². The van der Waals surface area contributed by atoms with Crippen LogP contribution in [0.5, 0.6) is 0 Å². The fourth-order valence-corrected chi connectivity index (χ4v) is 1.64. The Balaban J connectivity index is 3.38. The fraction of sp³-hybridized carbons (Fsp3) is 0.429. The number of hydrogen-bond acceptors (Lipinski definition) is 6. The summed E-state index contributed by atoms with van der Waals surface area (Å²) in [4.78, 5) is 14.7. The molecule has 0 aliphatic rings. The zero-order chi connectivity index (χ0) is 10.9. The summed E-state index contributed by atoms with van der Waals surface area (Å²) in [5, 5.41) is -0.457. The first-order valence-electron chi connectivity index (χ1n) is 3.62. The molecule has 0 saturated heterocycles. The smallest absolute Gasteiger partial charge is 0.361 e. The molecule has 1 aromatic heterocycles. The lowest BCUT2D eigenvalue weighted by Gasteiger charge is -1.95. The van der Waals surface area contributed by atoms with Gasteiger partial charge < -0.3 is 9.15 Å². The van der Waals surface area contributed by atoms with Gasteiger partial charge in [-0.2, -0.15) is 0 Å². The van der Waals surface area contributed by atoms with Crippen LogP contribution in [0.1, 0.15) is 16.4 Å². The van der Waals surface area contributed by atoms with E-state index in [0.29, 0.717) is 0 Å². The number of ether oxygens (including phenoxy) is 1. The summed E-state index contributed by atoms with van der Waals surface area (Å²) in [5.41, 5.74) is -0.312. The quantitative estimate of drug-likeness (QED) is 0.659. The van der Waals surface area contributed by atoms with Crippen LogP contribution in [0.3, 0.4) is 0 Å². The summed E-state index contributed by atoms with van der Waals surface area (Å²) in [5.74, 6) is -0.729. The number of nitrogens with zero attached hydrogens (tertiary/aromatic N) is 1. The predicted molar refractivity (Wildman–Crippen MR) is 45.7 cm³/mol. The number of oxazole rings is 1. The second-order valence-corrected chi connectivity index (χ2v) is 4.55. The van der Waals surface area contributed by atoms with E-state index >= 15 is 0 Å². The Morgan fingerprint density at radius 3 is 2.50 bits per heavy atom. The van der Waals surface area contributed by atoms with Gasteiger partial charge in [0.05, 0.1) is 7.11 Å². The number of carbonyl (C=O) groups excluding carboxylic acids is 1. The maximum atomic E-state index is 11.1. The van der Waals surface area contributed by atoms with Gasteiger partial charge >= 0.3 is 5.97 Å². The molecule has 0 N–H and O–H groups in total. The highest BCUT2D eigenvalue weighted by molar-refractivity contribution is 7.90. The number of aryl methyl sites for hydroxylation is 1. The minimum atomic E-state index is -3.60. The highest BCUT2D eigenvalue weighted by atomic mass is 32.2. The van der Waals surface area contributed by atoms with Crippen LogP contribution in [-0.2, 0) is 14.6 Å². The summed E-state index contributed by atoms with van der Waals surface area (Å²) in [6.45, 7) is 1.45. The van der Waals surface area contributed by atoms with Crippen LogP contribution in [0.4, 0.5) is 0 Å². The topological polar surface area (TPSA) is 86.5 Å². The largest absolute Gasteiger partial charge is 0.464 e. The van der Waals surface area contributed by atoms with Gasteiger partial charge in [0.2, 0.25) is 15.5 Å². The summed E-state index contributed by atoms with van der Waals surface area (Å²) in [6, 6.07) is 0. The molecule has 0 radical (unpaired) electrons. The molecule has 0 atom stereocenters. The minimum Gasteiger partial charge on any atom is -0.464 e. The highest BCUT2D eigenvalue weighted by Gasteiger charge is 2.26. The lowest BCUT2D eigenvalue weighted by atomic mass is 10.5. The minimum absolute atomic E-state index is 0.103. The van der Waals surface area contributed by atoms with Crippen LogP contribution in [0, 0.1) is 6.92 Å². The summed E-state index contributed by atoms with van der Waals surface area (Å²) in [7, 11) is -2.46. The molecule has 14 heavy (non-hydrogen) atoms. The zero-order valence-electron chi connectivity index (χ0n) is 7.90. The fourth-order valence-electron chi connectivity index (χ4n) is 0.885. The van der Waals surface area contributed by atoms with Gasteiger partial charge in [-0.1, -0.05) is 0 Å². The molecule has 7 heteroatoms. The molecule has 0 fully saturated rings. The molecule has 0 aliphatic heterocycles. The molecular formula is C7H9NO5S. The summed E-state index contributed by atoms with van der Waals surface area (Å²) in [6.07, 6.45) is 0.930. The third-order valence-electron chi connectivity index (χ3n) is 1.42. The molecule has 1 heterocycles. The normalized spacial score (nSPS) is 11.4. The van der Waals surface area contributed by atoms with Crippen LogP contribution >= 0.6 is 0 Å². The number of esters is 1. The first-order chi connectivity index (χ1) is 6.36. The molecule has 78 valence electrons. The van der Waals surface area contributed by atoms with Crippen molar-refractivity contribution in [3.63, 3.8) is 0 Å². The zero-order valence-corrected chi connectivity index (χ0v) is 8.71. The Morgan fingerprint density at radius 2 is 2.07 bits per heavy atom. The van der Waals surface area contributed by atoms with Crippen molar-refractivity contribution in [1.29, 1.82) is 0 Å². The molecule has 0 amide bonds. The third kappa shape index (κ3) is 1.92. The molecule has 6 nitrogen and oxygen atoms in total. The Labute approximate surface area is 80.8 Å². The monoisotopic (exact) mass is 219 g/mol. The molecule has 0 aliphatic carbocycles. The molecule has 1 aromatic rings. The second-order valence-electron chi connectivity index (χ2n) is 2.63. The number of aromatic nitrogens is 1. The SMILES string of the molecule is COC(=O)c1nc(C)oc1S(C)(=O)=O. The number of hydrogen-bond donors (Lipinski definition) is 0. The van der Waals surface area contributed by atoms with E-state index < -0.39 is 20.9 Å². The summed E-state index contributed by atoms with van der Waals surface area (Å²) < 4.78 is 31.5. The molecular weight excluding hydrogens is 210 g/mol. The lowest BCUT2D eigenvalue weighted by molar-refractivity contribution is 0.0587. The standard InChI is InChI=1S/C7H9NO5S/c1-4-8-5(6(9)12-2)7(13-4)14(3,10)11/h1-3H3. The van der Waals surface area contributed by atoms with Gasteiger partial charge in [0, 0.05) is 13.2 Å². The Hall–Kier alpha value is -1.37. The lowest BCUT2D eigenvalue weighted by Crippen LogP contribution is -2.08. The Kier molecular flexibility index (Phi) is 2.61. The Bertz CT molecular complexity index is 458. The average Bonchev–Trinajstić information content (AvgIpc) is 2.45. The van der Waals surface area contributed by atoms with Crippen LogP contribution in [0.2, 0.25) is 0 Å². The number of carbonyl (C=O) groups is 1. The first kappa shape index (κ1) is 10.7. The van der Waals surface area contributed by atoms with Crippen molar-refractivity contribution in [3.05, 3.63) is 11.6 Å².